The van der Waals surface area contributed by atoms with Crippen LogP contribution in [0, 0.1) is 0 Å². The maximum Gasteiger partial charge on any atom is 0.185 e. The second-order valence-electron chi connectivity index (χ2n) is 3.69. The first-order valence-electron chi connectivity index (χ1n) is 5.76. The molecule has 1 heterocycles. The van der Waals surface area contributed by atoms with Gasteiger partial charge in [0.05, 0.1) is 0 Å². The van der Waals surface area contributed by atoms with Crippen molar-refractivity contribution in [3.8, 4) is 0 Å². The van der Waals surface area contributed by atoms with Crippen molar-refractivity contribution in [2.45, 2.75) is 33.4 Å². The molecule has 1 N–H and O–H groups in total. The monoisotopic (exact) mass is 239 g/mol. The van der Waals surface area contributed by atoms with E-state index in [0.29, 0.717) is 6.04 Å². The molecular weight excluding hydrogens is 218 g/mol. The number of thiazole rings is 1. The van der Waals surface area contributed by atoms with E-state index in [0.717, 1.165) is 24.8 Å². The molecule has 0 aromatic carbocycles. The lowest BCUT2D eigenvalue weighted by Gasteiger charge is -2.16. The molecule has 16 heavy (non-hydrogen) atoms. The van der Waals surface area contributed by atoms with Crippen molar-refractivity contribution >= 4 is 16.5 Å². The van der Waals surface area contributed by atoms with E-state index in [4.69, 9.17) is 0 Å². The molecule has 0 spiro atoms. The summed E-state index contributed by atoms with van der Waals surface area (Å²) in [5.41, 5.74) is 0. The van der Waals surface area contributed by atoms with Gasteiger partial charge in [-0.2, -0.15) is 0 Å². The topological polar surface area (TPSA) is 28.2 Å². The Hall–Kier alpha value is -0.870. The molecule has 0 saturated carbocycles. The van der Waals surface area contributed by atoms with Crippen molar-refractivity contribution in [1.29, 1.82) is 0 Å². The van der Waals surface area contributed by atoms with E-state index in [9.17, 15) is 0 Å². The van der Waals surface area contributed by atoms with E-state index >= 15 is 0 Å². The highest BCUT2D eigenvalue weighted by Crippen LogP contribution is 2.21. The van der Waals surface area contributed by atoms with Crippen LogP contribution in [0.4, 0.5) is 5.13 Å². The number of aromatic nitrogens is 1. The van der Waals surface area contributed by atoms with Crippen LogP contribution in [0.15, 0.2) is 18.9 Å². The SMILES string of the molecule is C=CC(C)NCc1cnc(N(CC)CC)s1. The Balaban J connectivity index is 2.54. The summed E-state index contributed by atoms with van der Waals surface area (Å²) >= 11 is 1.76. The van der Waals surface area contributed by atoms with Gasteiger partial charge in [0.15, 0.2) is 5.13 Å². The summed E-state index contributed by atoms with van der Waals surface area (Å²) in [5.74, 6) is 0. The lowest BCUT2D eigenvalue weighted by Crippen LogP contribution is -2.22. The number of nitrogens with one attached hydrogen (secondary N) is 1. The number of nitrogens with zero attached hydrogens (tertiary/aromatic N) is 2. The van der Waals surface area contributed by atoms with Crippen LogP contribution in [-0.2, 0) is 6.54 Å². The van der Waals surface area contributed by atoms with Crippen molar-refractivity contribution in [2.75, 3.05) is 18.0 Å². The minimum atomic E-state index is 0.346. The Kier molecular flexibility index (Phi) is 5.49. The average Bonchev–Trinajstić information content (AvgIpc) is 2.76. The maximum atomic E-state index is 4.44. The van der Waals surface area contributed by atoms with Gasteiger partial charge >= 0.3 is 0 Å². The highest BCUT2D eigenvalue weighted by Gasteiger charge is 2.07. The fourth-order valence-corrected chi connectivity index (χ4v) is 2.35. The molecule has 0 fully saturated rings. The van der Waals surface area contributed by atoms with Gasteiger partial charge in [-0.05, 0) is 20.8 Å². The molecule has 0 aliphatic heterocycles. The zero-order chi connectivity index (χ0) is 12.0. The molecule has 1 rings (SSSR count). The summed E-state index contributed by atoms with van der Waals surface area (Å²) in [6, 6.07) is 0.346. The van der Waals surface area contributed by atoms with Crippen LogP contribution < -0.4 is 10.2 Å². The number of anilines is 1. The molecule has 1 aromatic heterocycles. The van der Waals surface area contributed by atoms with E-state index in [2.05, 4.69) is 42.6 Å². The second-order valence-corrected chi connectivity index (χ2v) is 4.78. The minimum Gasteiger partial charge on any atom is -0.349 e. The highest BCUT2D eigenvalue weighted by atomic mass is 32.1. The molecule has 3 nitrogen and oxygen atoms in total. The normalized spacial score (nSPS) is 12.4. The number of hydrogen-bond donors (Lipinski definition) is 1. The van der Waals surface area contributed by atoms with Crippen LogP contribution >= 0.6 is 11.3 Å². The lowest BCUT2D eigenvalue weighted by molar-refractivity contribution is 0.639. The summed E-state index contributed by atoms with van der Waals surface area (Å²) in [5, 5.41) is 4.49. The van der Waals surface area contributed by atoms with Gasteiger partial charge in [-0.25, -0.2) is 4.98 Å². The van der Waals surface area contributed by atoms with Gasteiger partial charge in [0, 0.05) is 36.8 Å². The standard InChI is InChI=1S/C12H21N3S/c1-5-10(4)13-8-11-9-14-12(16-11)15(6-2)7-3/h5,9-10,13H,1,6-8H2,2-4H3. The molecule has 0 bridgehead atoms. The third-order valence-electron chi connectivity index (χ3n) is 2.53. The van der Waals surface area contributed by atoms with E-state index in [1.54, 1.807) is 11.3 Å². The lowest BCUT2D eigenvalue weighted by atomic mass is 10.3. The molecule has 0 radical (unpaired) electrons. The summed E-state index contributed by atoms with van der Waals surface area (Å²) in [7, 11) is 0. The summed E-state index contributed by atoms with van der Waals surface area (Å²) < 4.78 is 0. The molecule has 0 aliphatic rings. The Bertz CT molecular complexity index is 318. The van der Waals surface area contributed by atoms with Gasteiger partial charge in [-0.1, -0.05) is 6.08 Å². The van der Waals surface area contributed by atoms with Gasteiger partial charge in [0.2, 0.25) is 0 Å². The Morgan fingerprint density at radius 1 is 1.56 bits per heavy atom. The third-order valence-corrected chi connectivity index (χ3v) is 3.59. The van der Waals surface area contributed by atoms with E-state index in [1.165, 1.54) is 4.88 Å². The highest BCUT2D eigenvalue weighted by molar-refractivity contribution is 7.15. The van der Waals surface area contributed by atoms with E-state index < -0.39 is 0 Å². The van der Waals surface area contributed by atoms with Gasteiger partial charge in [0.1, 0.15) is 0 Å². The fraction of sp³-hybridized carbons (Fsp3) is 0.583. The molecule has 1 aromatic rings. The smallest absolute Gasteiger partial charge is 0.185 e. The zero-order valence-corrected chi connectivity index (χ0v) is 11.2. The molecule has 0 saturated heterocycles. The number of rotatable bonds is 7. The van der Waals surface area contributed by atoms with Crippen LogP contribution in [0.3, 0.4) is 0 Å². The summed E-state index contributed by atoms with van der Waals surface area (Å²) in [4.78, 5) is 7.98. The first-order valence-corrected chi connectivity index (χ1v) is 6.58. The van der Waals surface area contributed by atoms with Gasteiger partial charge in [0.25, 0.3) is 0 Å². The molecule has 0 amide bonds. The Labute approximate surface area is 102 Å². The van der Waals surface area contributed by atoms with Gasteiger partial charge < -0.3 is 10.2 Å². The average molecular weight is 239 g/mol. The summed E-state index contributed by atoms with van der Waals surface area (Å²) in [6.07, 6.45) is 3.87. The van der Waals surface area contributed by atoms with Gasteiger partial charge in [-0.15, -0.1) is 17.9 Å². The quantitative estimate of drug-likeness (QED) is 0.741. The van der Waals surface area contributed by atoms with E-state index in [-0.39, 0.29) is 0 Å². The molecule has 1 atom stereocenters. The largest absolute Gasteiger partial charge is 0.349 e. The first kappa shape index (κ1) is 13.2. The third kappa shape index (κ3) is 3.61. The molecule has 4 heteroatoms. The van der Waals surface area contributed by atoms with Crippen LogP contribution in [0.25, 0.3) is 0 Å². The molecular formula is C12H21N3S. The minimum absolute atomic E-state index is 0.346. The van der Waals surface area contributed by atoms with Crippen LogP contribution in [-0.4, -0.2) is 24.1 Å². The van der Waals surface area contributed by atoms with Crippen molar-refractivity contribution < 1.29 is 0 Å². The predicted octanol–water partition coefficient (Wildman–Crippen LogP) is 2.65. The van der Waals surface area contributed by atoms with Gasteiger partial charge in [-0.3, -0.25) is 0 Å². The van der Waals surface area contributed by atoms with Crippen LogP contribution in [0.5, 0.6) is 0 Å². The maximum absolute atomic E-state index is 4.44. The van der Waals surface area contributed by atoms with Crippen molar-refractivity contribution in [3.05, 3.63) is 23.7 Å². The fourth-order valence-electron chi connectivity index (χ4n) is 1.36. The molecule has 1 unspecified atom stereocenters. The molecule has 0 aliphatic carbocycles. The number of hydrogen-bond acceptors (Lipinski definition) is 4. The van der Waals surface area contributed by atoms with Crippen LogP contribution in [0.2, 0.25) is 0 Å². The Morgan fingerprint density at radius 2 is 2.25 bits per heavy atom. The zero-order valence-electron chi connectivity index (χ0n) is 10.4. The second kappa shape index (κ2) is 6.66. The van der Waals surface area contributed by atoms with Crippen LogP contribution in [0.1, 0.15) is 25.6 Å². The summed E-state index contributed by atoms with van der Waals surface area (Å²) in [6.45, 7) is 13.1. The van der Waals surface area contributed by atoms with Crippen molar-refractivity contribution in [2.24, 2.45) is 0 Å². The first-order chi connectivity index (χ1) is 7.71. The molecule has 90 valence electrons. The van der Waals surface area contributed by atoms with E-state index in [1.807, 2.05) is 12.3 Å². The predicted molar refractivity (Wildman–Crippen MR) is 72.2 cm³/mol. The Morgan fingerprint density at radius 3 is 2.81 bits per heavy atom. The van der Waals surface area contributed by atoms with Crippen molar-refractivity contribution in [3.63, 3.8) is 0 Å². The van der Waals surface area contributed by atoms with Crippen molar-refractivity contribution in [1.82, 2.24) is 10.3 Å².